The van der Waals surface area contributed by atoms with Gasteiger partial charge in [-0.1, -0.05) is 12.1 Å². The van der Waals surface area contributed by atoms with Crippen molar-refractivity contribution in [3.8, 4) is 0 Å². The van der Waals surface area contributed by atoms with E-state index in [9.17, 15) is 9.18 Å². The molecule has 6 nitrogen and oxygen atoms in total. The van der Waals surface area contributed by atoms with Crippen LogP contribution in [0.2, 0.25) is 0 Å². The van der Waals surface area contributed by atoms with Crippen molar-refractivity contribution in [3.05, 3.63) is 53.2 Å². The highest BCUT2D eigenvalue weighted by Crippen LogP contribution is 2.44. The topological polar surface area (TPSA) is 75.4 Å². The molecule has 0 aliphatic carbocycles. The highest BCUT2D eigenvalue weighted by molar-refractivity contribution is 7.99. The normalized spacial score (nSPS) is 20.0. The van der Waals surface area contributed by atoms with Gasteiger partial charge in [0.15, 0.2) is 0 Å². The van der Waals surface area contributed by atoms with E-state index in [4.69, 9.17) is 5.73 Å². The number of nitrogens with zero attached hydrogens (tertiary/aromatic N) is 4. The standard InChI is InChI=1S/C23H30FN5OS/c1-15-20-19(13-31-15)26-14-27-21(20)28-8-10-29(11-9-28)22(30)18(12-23(2,3)25)16-4-6-17(24)7-5-16/h4-7,14-15,18H,8-13,25H2,1-3H3. The molecule has 2 aliphatic rings. The Morgan fingerprint density at radius 3 is 2.55 bits per heavy atom. The zero-order valence-corrected chi connectivity index (χ0v) is 19.2. The van der Waals surface area contributed by atoms with Crippen molar-refractivity contribution >= 4 is 23.5 Å². The van der Waals surface area contributed by atoms with Crippen molar-refractivity contribution in [2.75, 3.05) is 31.1 Å². The monoisotopic (exact) mass is 443 g/mol. The third-order valence-corrected chi connectivity index (χ3v) is 7.19. The molecule has 4 rings (SSSR count). The lowest BCUT2D eigenvalue weighted by Crippen LogP contribution is -2.51. The Balaban J connectivity index is 1.49. The minimum absolute atomic E-state index is 0.0571. The fraction of sp³-hybridized carbons (Fsp3) is 0.522. The molecule has 1 saturated heterocycles. The van der Waals surface area contributed by atoms with E-state index in [1.807, 2.05) is 30.5 Å². The van der Waals surface area contributed by atoms with Gasteiger partial charge in [0, 0.05) is 48.3 Å². The van der Waals surface area contributed by atoms with Crippen LogP contribution in [0.4, 0.5) is 10.2 Å². The number of rotatable bonds is 5. The van der Waals surface area contributed by atoms with Crippen LogP contribution in [-0.4, -0.2) is 52.5 Å². The van der Waals surface area contributed by atoms with Gasteiger partial charge in [0.2, 0.25) is 5.91 Å². The van der Waals surface area contributed by atoms with Crippen molar-refractivity contribution in [1.29, 1.82) is 0 Å². The summed E-state index contributed by atoms with van der Waals surface area (Å²) in [6.45, 7) is 8.76. The molecule has 8 heteroatoms. The number of anilines is 1. The zero-order chi connectivity index (χ0) is 22.2. The molecule has 166 valence electrons. The van der Waals surface area contributed by atoms with Crippen LogP contribution < -0.4 is 10.6 Å². The molecule has 0 bridgehead atoms. The third-order valence-electron chi connectivity index (χ3n) is 6.01. The number of carbonyl (C=O) groups excluding carboxylic acids is 1. The zero-order valence-electron chi connectivity index (χ0n) is 18.3. The minimum atomic E-state index is -0.508. The summed E-state index contributed by atoms with van der Waals surface area (Å²) in [7, 11) is 0. The van der Waals surface area contributed by atoms with Crippen LogP contribution in [0.1, 0.15) is 55.2 Å². The summed E-state index contributed by atoms with van der Waals surface area (Å²) in [5.74, 6) is 1.31. The molecule has 0 saturated carbocycles. The van der Waals surface area contributed by atoms with Gasteiger partial charge in [-0.05, 0) is 44.9 Å². The summed E-state index contributed by atoms with van der Waals surface area (Å²) < 4.78 is 13.4. The highest BCUT2D eigenvalue weighted by atomic mass is 32.2. The SMILES string of the molecule is CC1SCc2ncnc(N3CCN(C(=O)C(CC(C)(C)N)c4ccc(F)cc4)CC3)c21. The minimum Gasteiger partial charge on any atom is -0.353 e. The molecule has 2 atom stereocenters. The van der Waals surface area contributed by atoms with Gasteiger partial charge in [-0.25, -0.2) is 14.4 Å². The van der Waals surface area contributed by atoms with Crippen LogP contribution >= 0.6 is 11.8 Å². The largest absolute Gasteiger partial charge is 0.353 e. The smallest absolute Gasteiger partial charge is 0.230 e. The van der Waals surface area contributed by atoms with Gasteiger partial charge in [-0.3, -0.25) is 4.79 Å². The Hall–Kier alpha value is -2.19. The molecule has 2 unspecified atom stereocenters. The summed E-state index contributed by atoms with van der Waals surface area (Å²) in [5.41, 5.74) is 8.93. The second-order valence-corrected chi connectivity index (χ2v) is 10.4. The lowest BCUT2D eigenvalue weighted by molar-refractivity contribution is -0.133. The predicted molar refractivity (Wildman–Crippen MR) is 123 cm³/mol. The Kier molecular flexibility index (Phi) is 6.21. The lowest BCUT2D eigenvalue weighted by Gasteiger charge is -2.38. The maximum Gasteiger partial charge on any atom is 0.230 e. The van der Waals surface area contributed by atoms with Crippen LogP contribution in [0.15, 0.2) is 30.6 Å². The number of thioether (sulfide) groups is 1. The van der Waals surface area contributed by atoms with E-state index < -0.39 is 5.54 Å². The average molecular weight is 444 g/mol. The van der Waals surface area contributed by atoms with Crippen LogP contribution in [-0.2, 0) is 10.5 Å². The number of aromatic nitrogens is 2. The van der Waals surface area contributed by atoms with E-state index in [0.717, 1.165) is 35.9 Å². The van der Waals surface area contributed by atoms with E-state index in [1.165, 1.54) is 17.7 Å². The van der Waals surface area contributed by atoms with E-state index in [-0.39, 0.29) is 17.6 Å². The molecular weight excluding hydrogens is 413 g/mol. The van der Waals surface area contributed by atoms with Gasteiger partial charge in [0.05, 0.1) is 11.6 Å². The number of benzene rings is 1. The third kappa shape index (κ3) is 4.85. The first-order valence-corrected chi connectivity index (χ1v) is 11.8. The molecule has 3 heterocycles. The Labute approximate surface area is 187 Å². The second-order valence-electron chi connectivity index (χ2n) is 9.12. The summed E-state index contributed by atoms with van der Waals surface area (Å²) in [4.78, 5) is 26.7. The van der Waals surface area contributed by atoms with E-state index in [2.05, 4.69) is 21.8 Å². The lowest BCUT2D eigenvalue weighted by atomic mass is 9.85. The molecule has 0 spiro atoms. The molecule has 1 fully saturated rings. The Bertz CT molecular complexity index is 938. The second kappa shape index (κ2) is 8.74. The fourth-order valence-electron chi connectivity index (χ4n) is 4.42. The number of hydrogen-bond acceptors (Lipinski definition) is 6. The van der Waals surface area contributed by atoms with Gasteiger partial charge < -0.3 is 15.5 Å². The first-order chi connectivity index (χ1) is 14.7. The Morgan fingerprint density at radius 2 is 1.90 bits per heavy atom. The maximum absolute atomic E-state index is 13.5. The van der Waals surface area contributed by atoms with Crippen molar-refractivity contribution in [2.45, 2.75) is 49.7 Å². The summed E-state index contributed by atoms with van der Waals surface area (Å²) in [6.07, 6.45) is 2.16. The average Bonchev–Trinajstić information content (AvgIpc) is 3.13. The van der Waals surface area contributed by atoms with Crippen molar-refractivity contribution in [3.63, 3.8) is 0 Å². The van der Waals surface area contributed by atoms with E-state index in [0.29, 0.717) is 24.8 Å². The van der Waals surface area contributed by atoms with Gasteiger partial charge in [0.25, 0.3) is 0 Å². The first-order valence-electron chi connectivity index (χ1n) is 10.8. The molecule has 2 N–H and O–H groups in total. The first kappa shape index (κ1) is 22.0. The van der Waals surface area contributed by atoms with E-state index in [1.54, 1.807) is 18.5 Å². The molecular formula is C23H30FN5OS. The van der Waals surface area contributed by atoms with Crippen LogP contribution in [0.25, 0.3) is 0 Å². The number of halogens is 1. The summed E-state index contributed by atoms with van der Waals surface area (Å²) in [5, 5.41) is 0.389. The molecule has 0 radical (unpaired) electrons. The maximum atomic E-state index is 13.5. The molecule has 2 aliphatic heterocycles. The number of fused-ring (bicyclic) bond motifs is 1. The van der Waals surface area contributed by atoms with Crippen molar-refractivity contribution in [1.82, 2.24) is 14.9 Å². The fourth-order valence-corrected chi connectivity index (χ4v) is 5.47. The van der Waals surface area contributed by atoms with Crippen LogP contribution in [0.5, 0.6) is 0 Å². The predicted octanol–water partition coefficient (Wildman–Crippen LogP) is 3.48. The Morgan fingerprint density at radius 1 is 1.23 bits per heavy atom. The number of amides is 1. The molecule has 2 aromatic rings. The number of nitrogens with two attached hydrogens (primary N) is 1. The number of carbonyl (C=O) groups is 1. The van der Waals surface area contributed by atoms with Crippen LogP contribution in [0, 0.1) is 5.82 Å². The molecule has 31 heavy (non-hydrogen) atoms. The number of hydrogen-bond donors (Lipinski definition) is 1. The molecule has 1 aromatic heterocycles. The molecule has 1 amide bonds. The van der Waals surface area contributed by atoms with Crippen molar-refractivity contribution < 1.29 is 9.18 Å². The molecule has 1 aromatic carbocycles. The quantitative estimate of drug-likeness (QED) is 0.763. The highest BCUT2D eigenvalue weighted by Gasteiger charge is 2.34. The van der Waals surface area contributed by atoms with E-state index >= 15 is 0 Å². The number of piperazine rings is 1. The van der Waals surface area contributed by atoms with Crippen molar-refractivity contribution in [2.24, 2.45) is 5.73 Å². The summed E-state index contributed by atoms with van der Waals surface area (Å²) in [6, 6.07) is 6.21. The van der Waals surface area contributed by atoms with Gasteiger partial charge in [-0.15, -0.1) is 11.8 Å². The van der Waals surface area contributed by atoms with Gasteiger partial charge >= 0.3 is 0 Å². The van der Waals surface area contributed by atoms with Crippen LogP contribution in [0.3, 0.4) is 0 Å². The van der Waals surface area contributed by atoms with Gasteiger partial charge in [-0.2, -0.15) is 0 Å². The summed E-state index contributed by atoms with van der Waals surface area (Å²) >= 11 is 1.89. The van der Waals surface area contributed by atoms with Gasteiger partial charge in [0.1, 0.15) is 18.0 Å².